The van der Waals surface area contributed by atoms with Crippen LogP contribution in [-0.2, 0) is 14.9 Å². The van der Waals surface area contributed by atoms with Gasteiger partial charge in [-0.15, -0.1) is 11.3 Å². The third-order valence-electron chi connectivity index (χ3n) is 3.08. The van der Waals surface area contributed by atoms with Crippen molar-refractivity contribution in [2.75, 3.05) is 19.8 Å². The predicted octanol–water partition coefficient (Wildman–Crippen LogP) is 1.31. The van der Waals surface area contributed by atoms with Crippen molar-refractivity contribution in [3.05, 3.63) is 10.8 Å². The van der Waals surface area contributed by atoms with Crippen molar-refractivity contribution in [3.8, 4) is 11.5 Å². The van der Waals surface area contributed by atoms with Crippen LogP contribution < -0.4 is 9.47 Å². The van der Waals surface area contributed by atoms with Crippen molar-refractivity contribution in [1.82, 2.24) is 0 Å². The third kappa shape index (κ3) is 5.70. The first kappa shape index (κ1) is 19.2. The number of ether oxygens (including phenoxy) is 3. The maximum absolute atomic E-state index is 11.0. The van der Waals surface area contributed by atoms with E-state index >= 15 is 0 Å². The molecule has 6 nitrogen and oxygen atoms in total. The summed E-state index contributed by atoms with van der Waals surface area (Å²) in [7, 11) is -3.99. The van der Waals surface area contributed by atoms with E-state index in [-0.39, 0.29) is 48.7 Å². The van der Waals surface area contributed by atoms with E-state index in [2.05, 4.69) is 0 Å². The summed E-state index contributed by atoms with van der Waals surface area (Å²) in [6, 6.07) is 0. The number of hydrogen-bond acceptors (Lipinski definition) is 6. The zero-order valence-corrected chi connectivity index (χ0v) is 12.8. The zero-order valence-electron chi connectivity index (χ0n) is 11.1. The van der Waals surface area contributed by atoms with Gasteiger partial charge < -0.3 is 14.2 Å². The second-order valence-corrected chi connectivity index (χ2v) is 7.00. The van der Waals surface area contributed by atoms with E-state index < -0.39 is 15.4 Å². The summed E-state index contributed by atoms with van der Waals surface area (Å²) in [4.78, 5) is 0. The topological polar surface area (TPSA) is 82.1 Å². The van der Waals surface area contributed by atoms with Crippen molar-refractivity contribution < 1.29 is 27.2 Å². The molecule has 1 aliphatic heterocycles. The Morgan fingerprint density at radius 2 is 2.19 bits per heavy atom. The molecule has 0 fully saturated rings. The summed E-state index contributed by atoms with van der Waals surface area (Å²) >= 11 is 1.51. The molecule has 0 spiro atoms. The van der Waals surface area contributed by atoms with Crippen LogP contribution in [-0.4, -0.2) is 73.7 Å². The number of thiophene rings is 1. The van der Waals surface area contributed by atoms with E-state index in [1.165, 1.54) is 11.3 Å². The molecule has 2 heterocycles. The molecule has 1 aliphatic rings. The zero-order chi connectivity index (χ0) is 14.6. The van der Waals surface area contributed by atoms with Crippen LogP contribution in [0.2, 0.25) is 0 Å². The standard InChI is InChI=1S/C12H18O6S2.Na.H/c1-2-10(20(13,14)15)3-4-16-5-9-6-17-11-7-19-8-12(11)18-9;;/h7-10H,2-6H2,1H3,(H,13,14,15);;. The van der Waals surface area contributed by atoms with E-state index in [1.54, 1.807) is 6.92 Å². The summed E-state index contributed by atoms with van der Waals surface area (Å²) in [6.07, 6.45) is 0.443. The van der Waals surface area contributed by atoms with E-state index in [0.717, 1.165) is 11.5 Å². The van der Waals surface area contributed by atoms with Gasteiger partial charge >= 0.3 is 29.6 Å². The molecule has 0 aromatic carbocycles. The van der Waals surface area contributed by atoms with Gasteiger partial charge in [-0.1, -0.05) is 6.92 Å². The molecule has 1 aromatic rings. The molecule has 0 bridgehead atoms. The number of hydrogen-bond donors (Lipinski definition) is 1. The van der Waals surface area contributed by atoms with Crippen LogP contribution in [0.3, 0.4) is 0 Å². The van der Waals surface area contributed by atoms with Gasteiger partial charge in [0.25, 0.3) is 10.1 Å². The Morgan fingerprint density at radius 3 is 2.86 bits per heavy atom. The minimum absolute atomic E-state index is 0. The van der Waals surface area contributed by atoms with Gasteiger partial charge in [0, 0.05) is 17.4 Å². The maximum atomic E-state index is 11.0. The SMILES string of the molecule is CCC(CCOCC1COc2cscc2O1)S(=O)(=O)O.[NaH]. The first-order valence-corrected chi connectivity index (χ1v) is 8.85. The first-order valence-electron chi connectivity index (χ1n) is 6.40. The number of rotatable bonds is 7. The van der Waals surface area contributed by atoms with Crippen LogP contribution >= 0.6 is 11.3 Å². The van der Waals surface area contributed by atoms with Crippen LogP contribution in [0.4, 0.5) is 0 Å². The quantitative estimate of drug-likeness (QED) is 0.455. The molecule has 21 heavy (non-hydrogen) atoms. The Hall–Kier alpha value is 0.170. The van der Waals surface area contributed by atoms with E-state index in [9.17, 15) is 8.42 Å². The fraction of sp³-hybridized carbons (Fsp3) is 0.667. The Kier molecular flexibility index (Phi) is 7.97. The van der Waals surface area contributed by atoms with Crippen molar-refractivity contribution in [2.24, 2.45) is 0 Å². The van der Waals surface area contributed by atoms with Gasteiger partial charge in [0.05, 0.1) is 11.9 Å². The molecule has 0 saturated carbocycles. The predicted molar refractivity (Wildman–Crippen MR) is 82.4 cm³/mol. The van der Waals surface area contributed by atoms with Crippen molar-refractivity contribution in [3.63, 3.8) is 0 Å². The van der Waals surface area contributed by atoms with Gasteiger partial charge in [-0.25, -0.2) is 0 Å². The van der Waals surface area contributed by atoms with Crippen molar-refractivity contribution in [2.45, 2.75) is 31.1 Å². The minimum atomic E-state index is -3.99. The second-order valence-electron chi connectivity index (χ2n) is 4.56. The van der Waals surface area contributed by atoms with Gasteiger partial charge in [0.15, 0.2) is 17.6 Å². The molecule has 0 saturated heterocycles. The fourth-order valence-electron chi connectivity index (χ4n) is 1.94. The normalized spacial score (nSPS) is 18.9. The van der Waals surface area contributed by atoms with Crippen molar-refractivity contribution >= 4 is 51.0 Å². The van der Waals surface area contributed by atoms with Crippen LogP contribution in [0.5, 0.6) is 11.5 Å². The molecule has 0 amide bonds. The van der Waals surface area contributed by atoms with Gasteiger partial charge in [0.1, 0.15) is 6.61 Å². The van der Waals surface area contributed by atoms with Gasteiger partial charge in [-0.2, -0.15) is 8.42 Å². The van der Waals surface area contributed by atoms with Crippen LogP contribution in [0.1, 0.15) is 19.8 Å². The Morgan fingerprint density at radius 1 is 1.48 bits per heavy atom. The molecule has 2 atom stereocenters. The molecular formula is C12H19NaO6S2. The average molecular weight is 346 g/mol. The molecule has 0 radical (unpaired) electrons. The van der Waals surface area contributed by atoms with Gasteiger partial charge in [0.2, 0.25) is 0 Å². The molecule has 1 N–H and O–H groups in total. The van der Waals surface area contributed by atoms with Crippen LogP contribution in [0, 0.1) is 0 Å². The first-order chi connectivity index (χ1) is 9.50. The average Bonchev–Trinajstić information content (AvgIpc) is 2.84. The van der Waals surface area contributed by atoms with E-state index in [0.29, 0.717) is 19.6 Å². The van der Waals surface area contributed by atoms with Crippen LogP contribution in [0.25, 0.3) is 0 Å². The molecule has 2 rings (SSSR count). The molecule has 1 aromatic heterocycles. The summed E-state index contributed by atoms with van der Waals surface area (Å²) in [5, 5.41) is 2.98. The third-order valence-corrected chi connectivity index (χ3v) is 5.19. The summed E-state index contributed by atoms with van der Waals surface area (Å²) in [5.41, 5.74) is 0. The summed E-state index contributed by atoms with van der Waals surface area (Å²) < 4.78 is 47.6. The Bertz CT molecular complexity index is 530. The second kappa shape index (κ2) is 8.71. The van der Waals surface area contributed by atoms with E-state index in [4.69, 9.17) is 18.8 Å². The molecular weight excluding hydrogens is 327 g/mol. The molecule has 9 heteroatoms. The summed E-state index contributed by atoms with van der Waals surface area (Å²) in [5.74, 6) is 1.47. The van der Waals surface area contributed by atoms with Gasteiger partial charge in [-0.05, 0) is 12.8 Å². The Balaban J connectivity index is 0.00000220. The van der Waals surface area contributed by atoms with Gasteiger partial charge in [-0.3, -0.25) is 4.55 Å². The number of fused-ring (bicyclic) bond motifs is 1. The molecule has 0 aliphatic carbocycles. The van der Waals surface area contributed by atoms with Crippen molar-refractivity contribution in [1.29, 1.82) is 0 Å². The molecule has 2 unspecified atom stereocenters. The van der Waals surface area contributed by atoms with Crippen LogP contribution in [0.15, 0.2) is 10.8 Å². The molecule has 116 valence electrons. The Labute approximate surface area is 150 Å². The van der Waals surface area contributed by atoms with E-state index in [1.807, 2.05) is 10.8 Å². The fourth-order valence-corrected chi connectivity index (χ4v) is 3.42. The monoisotopic (exact) mass is 346 g/mol. The summed E-state index contributed by atoms with van der Waals surface area (Å²) in [6.45, 7) is 2.72.